The Kier molecular flexibility index (Phi) is 2.31. The summed E-state index contributed by atoms with van der Waals surface area (Å²) in [6.45, 7) is 4.35. The molecule has 0 saturated heterocycles. The second-order valence-corrected chi connectivity index (χ2v) is 2.85. The van der Waals surface area contributed by atoms with Gasteiger partial charge in [0, 0.05) is 30.7 Å². The van der Waals surface area contributed by atoms with Gasteiger partial charge in [0.15, 0.2) is 0 Å². The maximum atomic E-state index is 4.07. The molecule has 0 aliphatic heterocycles. The van der Waals surface area contributed by atoms with Crippen LogP contribution in [0.15, 0.2) is 31.4 Å². The highest BCUT2D eigenvalue weighted by Crippen LogP contribution is 2.05. The normalized spacial score (nSPS) is 10.0. The fourth-order valence-electron chi connectivity index (χ4n) is 1.12. The summed E-state index contributed by atoms with van der Waals surface area (Å²) in [6, 6.07) is 0. The van der Waals surface area contributed by atoms with Gasteiger partial charge in [-0.25, -0.2) is 4.68 Å². The first-order valence-electron chi connectivity index (χ1n) is 4.27. The van der Waals surface area contributed by atoms with E-state index in [2.05, 4.69) is 27.2 Å². The van der Waals surface area contributed by atoms with Gasteiger partial charge in [-0.3, -0.25) is 5.10 Å². The molecule has 0 amide bonds. The third-order valence-corrected chi connectivity index (χ3v) is 1.84. The number of nitrogens with zero attached hydrogens (tertiary/aromatic N) is 3. The number of H-pyrrole nitrogens is 1. The molecule has 2 heterocycles. The Labute approximate surface area is 81.4 Å². The lowest BCUT2D eigenvalue weighted by atomic mass is 10.3. The summed E-state index contributed by atoms with van der Waals surface area (Å²) < 4.78 is 1.67. The fraction of sp³-hybridized carbons (Fsp3) is 0.111. The minimum Gasteiger partial charge on any atom is -0.378 e. The molecule has 2 N–H and O–H groups in total. The van der Waals surface area contributed by atoms with Crippen LogP contribution in [0, 0.1) is 0 Å². The van der Waals surface area contributed by atoms with Crippen molar-refractivity contribution in [2.45, 2.75) is 6.54 Å². The van der Waals surface area contributed by atoms with Crippen molar-refractivity contribution in [1.82, 2.24) is 20.0 Å². The summed E-state index contributed by atoms with van der Waals surface area (Å²) in [5.74, 6) is 0. The topological polar surface area (TPSA) is 58.5 Å². The molecule has 0 spiro atoms. The molecule has 0 atom stereocenters. The monoisotopic (exact) mass is 189 g/mol. The van der Waals surface area contributed by atoms with E-state index in [0.29, 0.717) is 0 Å². The molecule has 5 nitrogen and oxygen atoms in total. The van der Waals surface area contributed by atoms with E-state index in [1.807, 2.05) is 6.20 Å². The number of hydrogen-bond acceptors (Lipinski definition) is 3. The second kappa shape index (κ2) is 3.78. The van der Waals surface area contributed by atoms with Gasteiger partial charge in [0.05, 0.1) is 18.1 Å². The molecule has 2 aromatic heterocycles. The summed E-state index contributed by atoms with van der Waals surface area (Å²) in [5.41, 5.74) is 2.07. The lowest BCUT2D eigenvalue weighted by molar-refractivity contribution is 0.936. The van der Waals surface area contributed by atoms with E-state index < -0.39 is 0 Å². The summed E-state index contributed by atoms with van der Waals surface area (Å²) in [7, 11) is 0. The van der Waals surface area contributed by atoms with Crippen molar-refractivity contribution in [3.05, 3.63) is 36.9 Å². The van der Waals surface area contributed by atoms with E-state index >= 15 is 0 Å². The van der Waals surface area contributed by atoms with E-state index in [1.54, 1.807) is 29.5 Å². The largest absolute Gasteiger partial charge is 0.378 e. The lowest BCUT2D eigenvalue weighted by Crippen LogP contribution is -1.96. The minimum atomic E-state index is 0.730. The van der Waals surface area contributed by atoms with Crippen LogP contribution in [0.25, 0.3) is 6.20 Å². The molecule has 0 saturated carbocycles. The molecule has 5 heteroatoms. The number of nitrogens with one attached hydrogen (secondary N) is 2. The van der Waals surface area contributed by atoms with Crippen molar-refractivity contribution in [3.8, 4) is 0 Å². The van der Waals surface area contributed by atoms with Crippen molar-refractivity contribution in [2.75, 3.05) is 5.32 Å². The molecule has 0 aliphatic rings. The van der Waals surface area contributed by atoms with Crippen molar-refractivity contribution in [1.29, 1.82) is 0 Å². The second-order valence-electron chi connectivity index (χ2n) is 2.85. The number of aromatic amines is 1. The molecule has 2 aromatic rings. The van der Waals surface area contributed by atoms with Crippen LogP contribution in [0.3, 0.4) is 0 Å². The smallest absolute Gasteiger partial charge is 0.0726 e. The summed E-state index contributed by atoms with van der Waals surface area (Å²) in [4.78, 5) is 0. The molecule has 72 valence electrons. The van der Waals surface area contributed by atoms with E-state index in [4.69, 9.17) is 0 Å². The average Bonchev–Trinajstić information content (AvgIpc) is 2.86. The first kappa shape index (κ1) is 8.55. The van der Waals surface area contributed by atoms with Crippen LogP contribution in [0.5, 0.6) is 0 Å². The first-order valence-corrected chi connectivity index (χ1v) is 4.27. The molecular weight excluding hydrogens is 178 g/mol. The number of hydrogen-bond donors (Lipinski definition) is 2. The Morgan fingerprint density at radius 2 is 2.50 bits per heavy atom. The van der Waals surface area contributed by atoms with Gasteiger partial charge >= 0.3 is 0 Å². The van der Waals surface area contributed by atoms with Crippen LogP contribution >= 0.6 is 0 Å². The van der Waals surface area contributed by atoms with Gasteiger partial charge < -0.3 is 5.32 Å². The molecule has 0 radical (unpaired) electrons. The highest BCUT2D eigenvalue weighted by Gasteiger charge is 1.96. The summed E-state index contributed by atoms with van der Waals surface area (Å²) in [5, 5.41) is 13.8. The van der Waals surface area contributed by atoms with E-state index in [9.17, 15) is 0 Å². The Morgan fingerprint density at radius 1 is 1.57 bits per heavy atom. The highest BCUT2D eigenvalue weighted by molar-refractivity contribution is 5.38. The van der Waals surface area contributed by atoms with Gasteiger partial charge in [0.2, 0.25) is 0 Å². The van der Waals surface area contributed by atoms with Crippen molar-refractivity contribution >= 4 is 11.9 Å². The Bertz CT molecular complexity index is 401. The predicted octanol–water partition coefficient (Wildman–Crippen LogP) is 1.32. The zero-order valence-corrected chi connectivity index (χ0v) is 7.64. The van der Waals surface area contributed by atoms with Crippen LogP contribution in [-0.4, -0.2) is 20.0 Å². The van der Waals surface area contributed by atoms with Gasteiger partial charge in [-0.15, -0.1) is 0 Å². The zero-order valence-electron chi connectivity index (χ0n) is 7.64. The average molecular weight is 189 g/mol. The van der Waals surface area contributed by atoms with Gasteiger partial charge in [0.25, 0.3) is 0 Å². The van der Waals surface area contributed by atoms with Gasteiger partial charge in [0.1, 0.15) is 0 Å². The van der Waals surface area contributed by atoms with E-state index in [-0.39, 0.29) is 0 Å². The molecule has 0 aromatic carbocycles. The van der Waals surface area contributed by atoms with Crippen molar-refractivity contribution in [3.63, 3.8) is 0 Å². The first-order chi connectivity index (χ1) is 6.88. The van der Waals surface area contributed by atoms with Crippen molar-refractivity contribution in [2.24, 2.45) is 0 Å². The maximum Gasteiger partial charge on any atom is 0.0726 e. The van der Waals surface area contributed by atoms with E-state index in [1.165, 1.54) is 0 Å². The fourth-order valence-corrected chi connectivity index (χ4v) is 1.12. The number of anilines is 1. The molecule has 14 heavy (non-hydrogen) atoms. The summed E-state index contributed by atoms with van der Waals surface area (Å²) >= 11 is 0. The van der Waals surface area contributed by atoms with Crippen LogP contribution in [-0.2, 0) is 6.54 Å². The lowest BCUT2D eigenvalue weighted by Gasteiger charge is -1.98. The highest BCUT2D eigenvalue weighted by atomic mass is 15.2. The third-order valence-electron chi connectivity index (χ3n) is 1.84. The predicted molar refractivity (Wildman–Crippen MR) is 54.5 cm³/mol. The SMILES string of the molecule is C=Cn1cc(CNc2cn[nH]c2)cn1. The van der Waals surface area contributed by atoms with Gasteiger partial charge in [-0.2, -0.15) is 10.2 Å². The Balaban J connectivity index is 1.95. The van der Waals surface area contributed by atoms with Gasteiger partial charge in [-0.1, -0.05) is 6.58 Å². The molecule has 0 bridgehead atoms. The summed E-state index contributed by atoms with van der Waals surface area (Å²) in [6.07, 6.45) is 8.91. The van der Waals surface area contributed by atoms with E-state index in [0.717, 1.165) is 17.8 Å². The Morgan fingerprint density at radius 3 is 3.14 bits per heavy atom. The number of rotatable bonds is 4. The van der Waals surface area contributed by atoms with Crippen LogP contribution in [0.1, 0.15) is 5.56 Å². The molecule has 0 aliphatic carbocycles. The maximum absolute atomic E-state index is 4.07. The van der Waals surface area contributed by atoms with Gasteiger partial charge in [-0.05, 0) is 0 Å². The quantitative estimate of drug-likeness (QED) is 0.762. The van der Waals surface area contributed by atoms with Crippen LogP contribution < -0.4 is 5.32 Å². The standard InChI is InChI=1S/C9H11N5/c1-2-14-7-8(4-13-14)3-10-9-5-11-12-6-9/h2,4-7,10H,1,3H2,(H,11,12). The van der Waals surface area contributed by atoms with Crippen molar-refractivity contribution < 1.29 is 0 Å². The molecular formula is C9H11N5. The molecule has 0 unspecified atom stereocenters. The zero-order chi connectivity index (χ0) is 9.80. The Hall–Kier alpha value is -2.04. The minimum absolute atomic E-state index is 0.730. The van der Waals surface area contributed by atoms with Crippen LogP contribution in [0.2, 0.25) is 0 Å². The molecule has 2 rings (SSSR count). The van der Waals surface area contributed by atoms with Crippen LogP contribution in [0.4, 0.5) is 5.69 Å². The third kappa shape index (κ3) is 1.82. The number of aromatic nitrogens is 4. The molecule has 0 fully saturated rings.